The monoisotopic (exact) mass is 1400 g/mol. The fraction of sp³-hybridized carbons (Fsp3) is 0.392. The second kappa shape index (κ2) is 31.5. The number of fused-ring (bicyclic) bond motifs is 4. The Labute approximate surface area is 592 Å². The molecule has 24 nitrogen and oxygen atoms in total. The van der Waals surface area contributed by atoms with Crippen LogP contribution in [0.2, 0.25) is 0 Å². The van der Waals surface area contributed by atoms with Crippen LogP contribution in [0.15, 0.2) is 97.1 Å². The van der Waals surface area contributed by atoms with Gasteiger partial charge < -0.3 is 56.8 Å². The number of ether oxygens (including phenoxy) is 12. The van der Waals surface area contributed by atoms with E-state index in [4.69, 9.17) is 56.8 Å². The van der Waals surface area contributed by atoms with E-state index < -0.39 is 59.3 Å². The summed E-state index contributed by atoms with van der Waals surface area (Å²) in [5.74, 6) is -3.73. The van der Waals surface area contributed by atoms with Gasteiger partial charge in [0.2, 0.25) is 0 Å². The first-order chi connectivity index (χ1) is 50.4. The Kier molecular flexibility index (Phi) is 21.7. The number of amides is 8. The van der Waals surface area contributed by atoms with Gasteiger partial charge in [0.15, 0.2) is 0 Å². The van der Waals surface area contributed by atoms with Crippen molar-refractivity contribution >= 4 is 133 Å². The number of imide groups is 4. The Hall–Kier alpha value is -9.12. The molecular formula is C79H80N4O20. The lowest BCUT2D eigenvalue weighted by Crippen LogP contribution is -2.51. The summed E-state index contributed by atoms with van der Waals surface area (Å²) in [5.41, 5.74) is 2.86. The molecule has 103 heavy (non-hydrogen) atoms. The molecule has 0 radical (unpaired) electrons. The average Bonchev–Trinajstić information content (AvgIpc) is 0.696. The van der Waals surface area contributed by atoms with Gasteiger partial charge in [-0.1, -0.05) is 48.5 Å². The van der Waals surface area contributed by atoms with Crippen LogP contribution in [0.1, 0.15) is 102 Å². The normalized spacial score (nSPS) is 14.7. The van der Waals surface area contributed by atoms with Gasteiger partial charge in [-0.15, -0.1) is 0 Å². The van der Waals surface area contributed by atoms with Crippen molar-refractivity contribution in [2.45, 2.75) is 31.3 Å². The lowest BCUT2D eigenvalue weighted by Gasteiger charge is -2.34. The molecule has 0 bridgehead atoms. The zero-order valence-electron chi connectivity index (χ0n) is 58.0. The van der Waals surface area contributed by atoms with Gasteiger partial charge in [-0.2, -0.15) is 0 Å². The molecule has 8 amide bonds. The number of hydrogen-bond acceptors (Lipinski definition) is 20. The van der Waals surface area contributed by atoms with Crippen molar-refractivity contribution in [3.63, 3.8) is 0 Å². The Morgan fingerprint density at radius 2 is 0.427 bits per heavy atom. The molecule has 14 rings (SSSR count). The summed E-state index contributed by atoms with van der Waals surface area (Å²) in [5, 5.41) is 11.0. The second-order valence-corrected chi connectivity index (χ2v) is 25.9. The number of hydrogen-bond donors (Lipinski definition) is 0. The van der Waals surface area contributed by atoms with E-state index in [1.54, 1.807) is 77.0 Å². The van der Waals surface area contributed by atoms with E-state index in [0.717, 1.165) is 64.6 Å². The van der Waals surface area contributed by atoms with Crippen molar-refractivity contribution in [2.75, 3.05) is 174 Å². The highest BCUT2D eigenvalue weighted by atomic mass is 16.6. The molecule has 0 atom stereocenters. The van der Waals surface area contributed by atoms with Crippen LogP contribution in [-0.2, 0) is 56.8 Å². The van der Waals surface area contributed by atoms with Crippen molar-refractivity contribution in [2.24, 2.45) is 0 Å². The third kappa shape index (κ3) is 13.0. The summed E-state index contributed by atoms with van der Waals surface area (Å²) in [4.78, 5) is 122. The zero-order chi connectivity index (χ0) is 71.4. The van der Waals surface area contributed by atoms with Crippen LogP contribution < -0.4 is 0 Å². The van der Waals surface area contributed by atoms with E-state index >= 15 is 0 Å². The van der Waals surface area contributed by atoms with Gasteiger partial charge in [-0.25, -0.2) is 0 Å². The molecule has 10 aromatic rings. The molecule has 4 aliphatic heterocycles. The SMILES string of the molecule is COCCOCCOCC(COCCOCCOC)N1C(=O)c2ccc3c4ccc5c6c(ccc(c7ccc(c2c37)C1=O)c64)C(=O)N(CCCCCN1C(=O)c2ccc3c4ccc6c7c(ccc(c8ccc(c2c38)C1=O)c74)C(=O)N(C(COCCOCCOC)COCCOCCOC)C6=O)C5=O. The average molecular weight is 1410 g/mol. The minimum absolute atomic E-state index is 0.00105. The van der Waals surface area contributed by atoms with Crippen molar-refractivity contribution < 1.29 is 95.2 Å². The van der Waals surface area contributed by atoms with E-state index in [9.17, 15) is 38.4 Å². The van der Waals surface area contributed by atoms with Gasteiger partial charge in [0, 0.05) is 108 Å². The second-order valence-electron chi connectivity index (χ2n) is 25.9. The quantitative estimate of drug-likeness (QED) is 0.0150. The molecule has 4 aliphatic rings. The molecular weight excluding hydrogens is 1320 g/mol. The van der Waals surface area contributed by atoms with Crippen molar-refractivity contribution in [1.29, 1.82) is 0 Å². The molecule has 24 heteroatoms. The molecule has 536 valence electrons. The lowest BCUT2D eigenvalue weighted by molar-refractivity contribution is -0.0222. The molecule has 0 aliphatic carbocycles. The highest BCUT2D eigenvalue weighted by Crippen LogP contribution is 2.49. The highest BCUT2D eigenvalue weighted by molar-refractivity contribution is 6.43. The van der Waals surface area contributed by atoms with Gasteiger partial charge >= 0.3 is 0 Å². The predicted molar refractivity (Wildman–Crippen MR) is 383 cm³/mol. The first kappa shape index (κ1) is 70.9. The fourth-order valence-electron chi connectivity index (χ4n) is 15.2. The Bertz CT molecular complexity index is 4380. The van der Waals surface area contributed by atoms with Gasteiger partial charge in [-0.3, -0.25) is 58.0 Å². The minimum atomic E-state index is -0.786. The van der Waals surface area contributed by atoms with Crippen molar-refractivity contribution in [1.82, 2.24) is 19.6 Å². The Morgan fingerprint density at radius 1 is 0.233 bits per heavy atom. The molecule has 0 unspecified atom stereocenters. The third-order valence-electron chi connectivity index (χ3n) is 20.0. The molecule has 0 saturated carbocycles. The highest BCUT2D eigenvalue weighted by Gasteiger charge is 2.43. The maximum atomic E-state index is 14.7. The molecule has 10 aromatic carbocycles. The molecule has 0 N–H and O–H groups in total. The molecule has 0 saturated heterocycles. The Morgan fingerprint density at radius 3 is 0.641 bits per heavy atom. The van der Waals surface area contributed by atoms with Gasteiger partial charge in [-0.05, 0) is 132 Å². The van der Waals surface area contributed by atoms with Gasteiger partial charge in [0.1, 0.15) is 0 Å². The summed E-state index contributed by atoms with van der Waals surface area (Å²) in [7, 11) is 6.35. The predicted octanol–water partition coefficient (Wildman–Crippen LogP) is 9.50. The number of carbonyl (C=O) groups excluding carboxylic acids is 8. The third-order valence-corrected chi connectivity index (χ3v) is 20.0. The van der Waals surface area contributed by atoms with Crippen LogP contribution in [0.3, 0.4) is 0 Å². The summed E-state index contributed by atoms with van der Waals surface area (Å²) >= 11 is 0. The largest absolute Gasteiger partial charge is 0.382 e. The summed E-state index contributed by atoms with van der Waals surface area (Å²) in [6, 6.07) is 27.3. The van der Waals surface area contributed by atoms with Crippen LogP contribution >= 0.6 is 0 Å². The molecule has 4 heterocycles. The number of carbonyl (C=O) groups is 8. The van der Waals surface area contributed by atoms with Crippen LogP contribution in [0.5, 0.6) is 0 Å². The van der Waals surface area contributed by atoms with Crippen LogP contribution in [0.4, 0.5) is 0 Å². The summed E-state index contributed by atoms with van der Waals surface area (Å²) in [6.45, 7) is 5.47. The maximum Gasteiger partial charge on any atom is 0.261 e. The maximum absolute atomic E-state index is 14.7. The lowest BCUT2D eigenvalue weighted by atomic mass is 9.82. The van der Waals surface area contributed by atoms with E-state index in [-0.39, 0.29) is 92.4 Å². The first-order valence-electron chi connectivity index (χ1n) is 34.9. The van der Waals surface area contributed by atoms with E-state index in [2.05, 4.69) is 0 Å². The Balaban J connectivity index is 0.655. The van der Waals surface area contributed by atoms with Crippen LogP contribution in [0.25, 0.3) is 86.2 Å². The topological polar surface area (TPSA) is 260 Å². The number of rotatable bonds is 40. The number of benzene rings is 10. The zero-order valence-corrected chi connectivity index (χ0v) is 58.0. The minimum Gasteiger partial charge on any atom is -0.382 e. The van der Waals surface area contributed by atoms with Crippen molar-refractivity contribution in [3.8, 4) is 0 Å². The molecule has 0 fully saturated rings. The molecule has 0 spiro atoms. The summed E-state index contributed by atoms with van der Waals surface area (Å²) in [6.07, 6.45) is 1.28. The van der Waals surface area contributed by atoms with Gasteiger partial charge in [0.25, 0.3) is 47.3 Å². The number of unbranched alkanes of at least 4 members (excludes halogenated alkanes) is 2. The number of nitrogens with zero attached hydrogens (tertiary/aromatic N) is 4. The first-order valence-corrected chi connectivity index (χ1v) is 34.9. The van der Waals surface area contributed by atoms with E-state index in [0.29, 0.717) is 138 Å². The molecule has 0 aromatic heterocycles. The van der Waals surface area contributed by atoms with Crippen LogP contribution in [-0.4, -0.2) is 253 Å². The van der Waals surface area contributed by atoms with Gasteiger partial charge in [0.05, 0.1) is 144 Å². The fourth-order valence-corrected chi connectivity index (χ4v) is 15.2. The summed E-state index contributed by atoms with van der Waals surface area (Å²) < 4.78 is 66.5. The van der Waals surface area contributed by atoms with Crippen molar-refractivity contribution in [3.05, 3.63) is 142 Å². The number of methoxy groups -OCH3 is 4. The van der Waals surface area contributed by atoms with E-state index in [1.165, 1.54) is 19.6 Å². The standard InChI is InChI=1S/C79H80N4O20/c1-92-26-30-96-34-38-100-42-46(43-101-39-35-97-31-27-93-2)82-76(88)60-20-12-52-48-8-16-56-68-57(17-9-49(64(48)68)53-13-21-61(77(82)89)70(60)66(52)53)73(85)80(72(56)84)24-6-5-7-25-81-74(86)58-18-10-50-54-14-22-62-71-63(23-15-55(67(54)71)51-11-19-59(75(81)87)69(58)65(50)51)79(91)83(78(62)90)47(44-102-40-36-98-32-28-94-3)45-103-41-37-99-33-29-95-4/h8-23,46-47H,5-7,24-45H2,1-4H3. The van der Waals surface area contributed by atoms with Crippen LogP contribution in [0, 0.1) is 0 Å². The smallest absolute Gasteiger partial charge is 0.261 e. The van der Waals surface area contributed by atoms with E-state index in [1.807, 2.05) is 48.5 Å².